The van der Waals surface area contributed by atoms with E-state index in [0.717, 1.165) is 4.88 Å². The molecule has 2 N–H and O–H groups in total. The molecular weight excluding hydrogens is 301 g/mol. The number of nitrogens with one attached hydrogen (secondary N) is 2. The number of nitrogens with zero attached hydrogens (tertiary/aromatic N) is 2. The van der Waals surface area contributed by atoms with Gasteiger partial charge in [-0.2, -0.15) is 13.2 Å². The molecule has 4 nitrogen and oxygen atoms in total. The summed E-state index contributed by atoms with van der Waals surface area (Å²) in [6.45, 7) is 4.44. The van der Waals surface area contributed by atoms with Crippen molar-refractivity contribution in [2.24, 2.45) is 0 Å². The van der Waals surface area contributed by atoms with Crippen LogP contribution in [0.2, 0.25) is 0 Å². The number of rotatable bonds is 4. The maximum atomic E-state index is 12.7. The highest BCUT2D eigenvalue weighted by Crippen LogP contribution is 2.28. The van der Waals surface area contributed by atoms with Gasteiger partial charge in [-0.05, 0) is 25.5 Å². The van der Waals surface area contributed by atoms with Gasteiger partial charge in [0.25, 0.3) is 0 Å². The summed E-state index contributed by atoms with van der Waals surface area (Å²) in [5, 5.41) is 5.51. The molecule has 21 heavy (non-hydrogen) atoms. The van der Waals surface area contributed by atoms with E-state index in [4.69, 9.17) is 0 Å². The number of aromatic nitrogens is 2. The number of anilines is 2. The van der Waals surface area contributed by atoms with Crippen molar-refractivity contribution in [1.29, 1.82) is 0 Å². The third kappa shape index (κ3) is 3.84. The van der Waals surface area contributed by atoms with Crippen molar-refractivity contribution in [1.82, 2.24) is 9.97 Å². The number of aryl methyl sites for hydroxylation is 2. The summed E-state index contributed by atoms with van der Waals surface area (Å²) in [5.41, 5.74) is 1.17. The predicted octanol–water partition coefficient (Wildman–Crippen LogP) is 3.83. The van der Waals surface area contributed by atoms with E-state index in [1.165, 1.54) is 23.6 Å². The summed E-state index contributed by atoms with van der Waals surface area (Å²) in [6.07, 6.45) is -4.57. The van der Waals surface area contributed by atoms with E-state index < -0.39 is 12.0 Å². The molecule has 0 fully saturated rings. The fraction of sp³-hybridized carbons (Fsp3) is 0.385. The van der Waals surface area contributed by atoms with Crippen LogP contribution < -0.4 is 10.6 Å². The summed E-state index contributed by atoms with van der Waals surface area (Å²) in [6, 6.07) is 3.46. The van der Waals surface area contributed by atoms with Crippen LogP contribution >= 0.6 is 11.3 Å². The van der Waals surface area contributed by atoms with Gasteiger partial charge in [0.2, 0.25) is 5.82 Å². The molecule has 0 aliphatic rings. The fourth-order valence-corrected chi connectivity index (χ4v) is 2.70. The monoisotopic (exact) mass is 316 g/mol. The largest absolute Gasteiger partial charge is 0.451 e. The van der Waals surface area contributed by atoms with Crippen molar-refractivity contribution in [2.45, 2.75) is 26.6 Å². The Kier molecular flexibility index (Phi) is 4.36. The van der Waals surface area contributed by atoms with Crippen LogP contribution in [-0.4, -0.2) is 17.0 Å². The quantitative estimate of drug-likeness (QED) is 0.900. The summed E-state index contributed by atoms with van der Waals surface area (Å²) in [7, 11) is 1.51. The highest BCUT2D eigenvalue weighted by atomic mass is 32.1. The Morgan fingerprint density at radius 2 is 1.81 bits per heavy atom. The zero-order chi connectivity index (χ0) is 15.6. The molecule has 0 saturated heterocycles. The first kappa shape index (κ1) is 15.6. The van der Waals surface area contributed by atoms with E-state index in [9.17, 15) is 13.2 Å². The zero-order valence-corrected chi connectivity index (χ0v) is 12.6. The molecule has 2 aromatic heterocycles. The van der Waals surface area contributed by atoms with Crippen LogP contribution in [0.4, 0.5) is 24.8 Å². The maximum Gasteiger partial charge on any atom is 0.451 e. The Morgan fingerprint density at radius 3 is 2.33 bits per heavy atom. The molecule has 0 aliphatic heterocycles. The molecule has 2 aromatic rings. The molecule has 8 heteroatoms. The van der Waals surface area contributed by atoms with Gasteiger partial charge in [0, 0.05) is 22.9 Å². The second-order valence-corrected chi connectivity index (χ2v) is 5.86. The minimum absolute atomic E-state index is 0.123. The summed E-state index contributed by atoms with van der Waals surface area (Å²) in [5.74, 6) is -0.890. The van der Waals surface area contributed by atoms with Crippen molar-refractivity contribution in [3.8, 4) is 0 Å². The molecular formula is C13H15F3N4S. The smallest absolute Gasteiger partial charge is 0.373 e. The second kappa shape index (κ2) is 5.88. The minimum Gasteiger partial charge on any atom is -0.373 e. The van der Waals surface area contributed by atoms with E-state index in [1.807, 2.05) is 19.9 Å². The summed E-state index contributed by atoms with van der Waals surface area (Å²) >= 11 is 1.61. The SMILES string of the molecule is CNc1cc(NCc2cc(C)c(C)s2)nc(C(F)(F)F)n1. The molecule has 114 valence electrons. The first-order chi connectivity index (χ1) is 9.79. The van der Waals surface area contributed by atoms with Gasteiger partial charge in [-0.1, -0.05) is 0 Å². The lowest BCUT2D eigenvalue weighted by atomic mass is 10.3. The Morgan fingerprint density at radius 1 is 1.14 bits per heavy atom. The van der Waals surface area contributed by atoms with Gasteiger partial charge < -0.3 is 10.6 Å². The number of alkyl halides is 3. The second-order valence-electron chi connectivity index (χ2n) is 4.52. The van der Waals surface area contributed by atoms with Crippen molar-refractivity contribution in [3.05, 3.63) is 33.3 Å². The van der Waals surface area contributed by atoms with Gasteiger partial charge in [0.15, 0.2) is 0 Å². The van der Waals surface area contributed by atoms with E-state index >= 15 is 0 Å². The van der Waals surface area contributed by atoms with Gasteiger partial charge in [-0.15, -0.1) is 11.3 Å². The van der Waals surface area contributed by atoms with Gasteiger partial charge >= 0.3 is 6.18 Å². The maximum absolute atomic E-state index is 12.7. The first-order valence-corrected chi connectivity index (χ1v) is 7.05. The standard InChI is InChI=1S/C13H15F3N4S/c1-7-4-9(21-8(7)2)6-18-11-5-10(17-3)19-12(20-11)13(14,15)16/h4-5H,6H2,1-3H3,(H2,17,18,19,20). The van der Waals surface area contributed by atoms with Crippen LogP contribution in [0.5, 0.6) is 0 Å². The molecule has 0 saturated carbocycles. The van der Waals surface area contributed by atoms with Gasteiger partial charge in [0.1, 0.15) is 11.6 Å². The van der Waals surface area contributed by atoms with E-state index in [-0.39, 0.29) is 11.6 Å². The average molecular weight is 316 g/mol. The minimum atomic E-state index is -4.57. The number of halogens is 3. The van der Waals surface area contributed by atoms with Crippen molar-refractivity contribution < 1.29 is 13.2 Å². The topological polar surface area (TPSA) is 49.8 Å². The van der Waals surface area contributed by atoms with Crippen LogP contribution in [0.1, 0.15) is 21.1 Å². The van der Waals surface area contributed by atoms with E-state index in [1.54, 1.807) is 11.3 Å². The van der Waals surface area contributed by atoms with Crippen molar-refractivity contribution >= 4 is 23.0 Å². The Bertz CT molecular complexity index is 617. The molecule has 2 rings (SSSR count). The van der Waals surface area contributed by atoms with E-state index in [0.29, 0.717) is 6.54 Å². The molecule has 0 spiro atoms. The predicted molar refractivity (Wildman–Crippen MR) is 77.7 cm³/mol. The average Bonchev–Trinajstić information content (AvgIpc) is 2.74. The Hall–Kier alpha value is -1.83. The number of hydrogen-bond donors (Lipinski definition) is 2. The van der Waals surface area contributed by atoms with Crippen LogP contribution in [-0.2, 0) is 12.7 Å². The molecule has 0 radical (unpaired) electrons. The highest BCUT2D eigenvalue weighted by molar-refractivity contribution is 7.12. The van der Waals surface area contributed by atoms with Crippen LogP contribution in [0, 0.1) is 13.8 Å². The number of hydrogen-bond acceptors (Lipinski definition) is 5. The molecule has 2 heterocycles. The third-order valence-electron chi connectivity index (χ3n) is 2.90. The molecule has 0 aromatic carbocycles. The lowest BCUT2D eigenvalue weighted by Gasteiger charge is -2.11. The van der Waals surface area contributed by atoms with Crippen molar-refractivity contribution in [3.63, 3.8) is 0 Å². The third-order valence-corrected chi connectivity index (χ3v) is 4.05. The molecule has 0 amide bonds. The van der Waals surface area contributed by atoms with Gasteiger partial charge in [-0.25, -0.2) is 9.97 Å². The molecule has 0 atom stereocenters. The lowest BCUT2D eigenvalue weighted by molar-refractivity contribution is -0.144. The summed E-state index contributed by atoms with van der Waals surface area (Å²) in [4.78, 5) is 9.17. The normalized spacial score (nSPS) is 11.5. The van der Waals surface area contributed by atoms with Crippen LogP contribution in [0.3, 0.4) is 0 Å². The Labute approximate surface area is 124 Å². The van der Waals surface area contributed by atoms with Crippen molar-refractivity contribution in [2.75, 3.05) is 17.7 Å². The van der Waals surface area contributed by atoms with Gasteiger partial charge in [0.05, 0.1) is 6.54 Å². The molecule has 0 unspecified atom stereocenters. The lowest BCUT2D eigenvalue weighted by Crippen LogP contribution is -2.14. The molecule has 0 bridgehead atoms. The van der Waals surface area contributed by atoms with Gasteiger partial charge in [-0.3, -0.25) is 0 Å². The highest BCUT2D eigenvalue weighted by Gasteiger charge is 2.35. The number of thiophene rings is 1. The summed E-state index contributed by atoms with van der Waals surface area (Å²) < 4.78 is 38.2. The van der Waals surface area contributed by atoms with E-state index in [2.05, 4.69) is 20.6 Å². The zero-order valence-electron chi connectivity index (χ0n) is 11.8. The molecule has 0 aliphatic carbocycles. The Balaban J connectivity index is 2.19. The fourth-order valence-electron chi connectivity index (χ4n) is 1.71. The first-order valence-electron chi connectivity index (χ1n) is 6.23. The van der Waals surface area contributed by atoms with Crippen LogP contribution in [0.15, 0.2) is 12.1 Å². The van der Waals surface area contributed by atoms with Crippen LogP contribution in [0.25, 0.3) is 0 Å².